The number of aliphatic hydroxyl groups is 2. The molecule has 0 aliphatic heterocycles. The highest BCUT2D eigenvalue weighted by molar-refractivity contribution is 5.37. The summed E-state index contributed by atoms with van der Waals surface area (Å²) in [7, 11) is 0. The first-order valence-electron chi connectivity index (χ1n) is 8.80. The van der Waals surface area contributed by atoms with Crippen LogP contribution in [0.5, 0.6) is 0 Å². The highest BCUT2D eigenvalue weighted by Crippen LogP contribution is 2.66. The van der Waals surface area contributed by atoms with Crippen molar-refractivity contribution in [1.29, 1.82) is 0 Å². The highest BCUT2D eigenvalue weighted by atomic mass is 16.4. The van der Waals surface area contributed by atoms with E-state index >= 15 is 0 Å². The van der Waals surface area contributed by atoms with E-state index < -0.39 is 11.2 Å². The number of rotatable bonds is 1. The Hall–Kier alpha value is -1.12. The lowest BCUT2D eigenvalue weighted by Gasteiger charge is -2.45. The van der Waals surface area contributed by atoms with E-state index in [2.05, 4.69) is 48.6 Å². The van der Waals surface area contributed by atoms with Crippen LogP contribution in [-0.4, -0.2) is 21.4 Å². The summed E-state index contributed by atoms with van der Waals surface area (Å²) < 4.78 is 0. The van der Waals surface area contributed by atoms with Gasteiger partial charge in [0.15, 0.2) is 0 Å². The molecule has 0 amide bonds. The lowest BCUT2D eigenvalue weighted by Crippen LogP contribution is -2.59. The molecule has 0 saturated heterocycles. The molecule has 0 spiro atoms. The van der Waals surface area contributed by atoms with Gasteiger partial charge in [0.2, 0.25) is 0 Å². The molecular formula is C20H22O2. The molecule has 2 nitrogen and oxygen atoms in total. The van der Waals surface area contributed by atoms with Crippen LogP contribution in [-0.2, 0) is 0 Å². The first-order chi connectivity index (χ1) is 10.6. The number of hydrogen-bond donors (Lipinski definition) is 2. The van der Waals surface area contributed by atoms with E-state index in [1.165, 1.54) is 0 Å². The minimum Gasteiger partial charge on any atom is -0.386 e. The molecule has 0 aromatic carbocycles. The van der Waals surface area contributed by atoms with Crippen LogP contribution in [0.2, 0.25) is 0 Å². The van der Waals surface area contributed by atoms with Crippen molar-refractivity contribution in [3.05, 3.63) is 48.6 Å². The summed E-state index contributed by atoms with van der Waals surface area (Å²) in [6.07, 6.45) is 19.5. The smallest absolute Gasteiger partial charge is 0.101 e. The fourth-order valence-corrected chi connectivity index (χ4v) is 7.06. The topological polar surface area (TPSA) is 40.5 Å². The second-order valence-electron chi connectivity index (χ2n) is 8.49. The van der Waals surface area contributed by atoms with Crippen LogP contribution in [0.25, 0.3) is 0 Å². The van der Waals surface area contributed by atoms with Crippen LogP contribution in [0.1, 0.15) is 12.8 Å². The Morgan fingerprint density at radius 2 is 1.00 bits per heavy atom. The zero-order chi connectivity index (χ0) is 14.7. The predicted molar refractivity (Wildman–Crippen MR) is 83.6 cm³/mol. The number of hydrogen-bond acceptors (Lipinski definition) is 2. The first-order valence-corrected chi connectivity index (χ1v) is 8.80. The van der Waals surface area contributed by atoms with Crippen molar-refractivity contribution < 1.29 is 10.2 Å². The summed E-state index contributed by atoms with van der Waals surface area (Å²) in [5, 5.41) is 23.4. The third-order valence-electron chi connectivity index (χ3n) is 7.90. The molecule has 22 heavy (non-hydrogen) atoms. The summed E-state index contributed by atoms with van der Waals surface area (Å²) in [6.45, 7) is 0. The Balaban J connectivity index is 1.47. The highest BCUT2D eigenvalue weighted by Gasteiger charge is 2.70. The van der Waals surface area contributed by atoms with E-state index in [1.807, 2.05) is 0 Å². The summed E-state index contributed by atoms with van der Waals surface area (Å²) in [5.41, 5.74) is -1.92. The van der Waals surface area contributed by atoms with Crippen molar-refractivity contribution in [3.8, 4) is 0 Å². The summed E-state index contributed by atoms with van der Waals surface area (Å²) in [6, 6.07) is 0. The van der Waals surface area contributed by atoms with Gasteiger partial charge in [-0.05, 0) is 48.3 Å². The summed E-state index contributed by atoms with van der Waals surface area (Å²) in [4.78, 5) is 0. The van der Waals surface area contributed by atoms with Crippen molar-refractivity contribution in [2.45, 2.75) is 24.0 Å². The van der Waals surface area contributed by atoms with Crippen molar-refractivity contribution in [1.82, 2.24) is 0 Å². The quantitative estimate of drug-likeness (QED) is 0.729. The van der Waals surface area contributed by atoms with Gasteiger partial charge in [-0.2, -0.15) is 0 Å². The molecule has 2 heteroatoms. The fraction of sp³-hybridized carbons (Fsp3) is 0.600. The van der Waals surface area contributed by atoms with Crippen LogP contribution in [0.3, 0.4) is 0 Å². The van der Waals surface area contributed by atoms with E-state index in [0.29, 0.717) is 35.5 Å². The fourth-order valence-electron chi connectivity index (χ4n) is 7.06. The van der Waals surface area contributed by atoms with E-state index in [9.17, 15) is 10.2 Å². The second-order valence-corrected chi connectivity index (χ2v) is 8.49. The maximum atomic E-state index is 11.7. The third kappa shape index (κ3) is 1.11. The molecule has 2 fully saturated rings. The van der Waals surface area contributed by atoms with Crippen molar-refractivity contribution in [2.75, 3.05) is 0 Å². The van der Waals surface area contributed by atoms with Crippen molar-refractivity contribution in [3.63, 3.8) is 0 Å². The van der Waals surface area contributed by atoms with Gasteiger partial charge in [-0.25, -0.2) is 0 Å². The zero-order valence-electron chi connectivity index (χ0n) is 12.5. The summed E-state index contributed by atoms with van der Waals surface area (Å²) in [5.74, 6) is 3.08. The Bertz CT molecular complexity index is 615. The molecular weight excluding hydrogens is 272 g/mol. The van der Waals surface area contributed by atoms with Crippen LogP contribution in [0.15, 0.2) is 48.6 Å². The van der Waals surface area contributed by atoms with Crippen LogP contribution in [0.4, 0.5) is 0 Å². The molecule has 0 unspecified atom stereocenters. The van der Waals surface area contributed by atoms with E-state index in [-0.39, 0.29) is 11.8 Å². The number of allylic oxidation sites excluding steroid dienone is 6. The van der Waals surface area contributed by atoms with Gasteiger partial charge in [-0.15, -0.1) is 0 Å². The maximum absolute atomic E-state index is 11.7. The van der Waals surface area contributed by atoms with Crippen molar-refractivity contribution in [2.24, 2.45) is 47.3 Å². The van der Waals surface area contributed by atoms with E-state index in [0.717, 1.165) is 12.8 Å². The molecule has 0 aromatic rings. The Morgan fingerprint density at radius 1 is 0.591 bits per heavy atom. The van der Waals surface area contributed by atoms with Gasteiger partial charge in [0.05, 0.1) is 0 Å². The molecule has 0 aromatic heterocycles. The molecule has 114 valence electrons. The van der Waals surface area contributed by atoms with E-state index in [4.69, 9.17) is 0 Å². The van der Waals surface area contributed by atoms with Crippen LogP contribution in [0, 0.1) is 47.3 Å². The summed E-state index contributed by atoms with van der Waals surface area (Å²) >= 11 is 0. The molecule has 2 N–H and O–H groups in total. The Labute approximate surface area is 130 Å². The SMILES string of the molecule is O[C@]1([C@]2(O)C[C@@H]3C=C[C@@H]4C=C[C@H]2[C@H]43)C[C@@H]2C=C[C@@H]3C=C[C@@H]1[C@@H]32. The largest absolute Gasteiger partial charge is 0.386 e. The average Bonchev–Trinajstić information content (AvgIpc) is 3.24. The van der Waals surface area contributed by atoms with Gasteiger partial charge in [0.1, 0.15) is 11.2 Å². The molecule has 0 heterocycles. The molecule has 6 aliphatic carbocycles. The minimum atomic E-state index is -0.958. The third-order valence-corrected chi connectivity index (χ3v) is 7.90. The van der Waals surface area contributed by atoms with Crippen LogP contribution < -0.4 is 0 Å². The van der Waals surface area contributed by atoms with Gasteiger partial charge >= 0.3 is 0 Å². The van der Waals surface area contributed by atoms with E-state index in [1.54, 1.807) is 0 Å². The monoisotopic (exact) mass is 294 g/mol. The standard InChI is InChI=1S/C20H22O2/c21-19(9-13-3-1-11-5-7-15(19)17(11)13)20(22)10-14-4-2-12-6-8-16(20)18(12)14/h1-8,11-18,21-22H,9-10H2/t11-,12-,13+,14+,15-,16+,17+,18-,19-,20+/m1/s1. The predicted octanol–water partition coefficient (Wildman–Crippen LogP) is 2.46. The van der Waals surface area contributed by atoms with Crippen molar-refractivity contribution >= 4 is 0 Å². The molecule has 6 aliphatic rings. The lowest BCUT2D eigenvalue weighted by molar-refractivity contribution is -0.180. The zero-order valence-corrected chi connectivity index (χ0v) is 12.5. The lowest BCUT2D eigenvalue weighted by atomic mass is 9.68. The van der Waals surface area contributed by atoms with Gasteiger partial charge < -0.3 is 10.2 Å². The van der Waals surface area contributed by atoms with Gasteiger partial charge in [-0.3, -0.25) is 0 Å². The van der Waals surface area contributed by atoms with Gasteiger partial charge in [0.25, 0.3) is 0 Å². The second kappa shape index (κ2) is 3.52. The Morgan fingerprint density at radius 3 is 1.45 bits per heavy atom. The molecule has 2 saturated carbocycles. The minimum absolute atomic E-state index is 0.123. The Kier molecular flexibility index (Phi) is 1.97. The van der Waals surface area contributed by atoms with Gasteiger partial charge in [-0.1, -0.05) is 48.6 Å². The van der Waals surface area contributed by atoms with Gasteiger partial charge in [0, 0.05) is 11.8 Å². The first kappa shape index (κ1) is 12.3. The normalized spacial score (nSPS) is 65.0. The molecule has 6 rings (SSSR count). The average molecular weight is 294 g/mol. The molecule has 0 bridgehead atoms. The van der Waals surface area contributed by atoms with Crippen LogP contribution >= 0.6 is 0 Å². The molecule has 10 atom stereocenters. The maximum Gasteiger partial charge on any atom is 0.101 e. The molecule has 0 radical (unpaired) electrons.